The Morgan fingerprint density at radius 2 is 2.10 bits per heavy atom. The summed E-state index contributed by atoms with van der Waals surface area (Å²) in [5.41, 5.74) is 0. The molecular formula is C8H12N4O6S2. The minimum absolute atomic E-state index is 0.0272. The first-order chi connectivity index (χ1) is 9.26. The average molecular weight is 324 g/mol. The van der Waals surface area contributed by atoms with Gasteiger partial charge >= 0.3 is 5.97 Å². The number of ether oxygens (including phenoxy) is 1. The number of carbonyl (C=O) groups is 2. The van der Waals surface area contributed by atoms with E-state index in [4.69, 9.17) is 5.11 Å². The topological polar surface area (TPSA) is 148 Å². The van der Waals surface area contributed by atoms with Crippen LogP contribution in [0.5, 0.6) is 0 Å². The van der Waals surface area contributed by atoms with E-state index in [0.717, 1.165) is 7.11 Å². The van der Waals surface area contributed by atoms with Gasteiger partial charge in [0.1, 0.15) is 0 Å². The highest BCUT2D eigenvalue weighted by Gasteiger charge is 2.24. The second-order valence-electron chi connectivity index (χ2n) is 3.47. The summed E-state index contributed by atoms with van der Waals surface area (Å²) in [5, 5.41) is 17.9. The quantitative estimate of drug-likeness (QED) is 0.534. The van der Waals surface area contributed by atoms with Crippen LogP contribution in [0.4, 0.5) is 5.13 Å². The second-order valence-corrected chi connectivity index (χ2v) is 6.39. The van der Waals surface area contributed by atoms with Crippen molar-refractivity contribution in [3.05, 3.63) is 0 Å². The molecule has 0 aliphatic rings. The maximum atomic E-state index is 11.8. The molecule has 10 nitrogen and oxygen atoms in total. The van der Waals surface area contributed by atoms with Gasteiger partial charge in [-0.15, -0.1) is 10.2 Å². The fourth-order valence-corrected chi connectivity index (χ4v) is 3.06. The highest BCUT2D eigenvalue weighted by molar-refractivity contribution is 7.91. The number of carboxylic acid groups (broad SMARTS) is 1. The van der Waals surface area contributed by atoms with Crippen LogP contribution in [0, 0.1) is 0 Å². The molecule has 12 heteroatoms. The molecule has 0 saturated carbocycles. The van der Waals surface area contributed by atoms with Crippen LogP contribution in [0.2, 0.25) is 0 Å². The van der Waals surface area contributed by atoms with Crippen LogP contribution in [-0.2, 0) is 24.3 Å². The van der Waals surface area contributed by atoms with Gasteiger partial charge in [0.15, 0.2) is 6.10 Å². The lowest BCUT2D eigenvalue weighted by molar-refractivity contribution is -0.147. The lowest BCUT2D eigenvalue weighted by Crippen LogP contribution is -2.37. The molecule has 3 N–H and O–H groups in total. The predicted molar refractivity (Wildman–Crippen MR) is 67.8 cm³/mol. The molecule has 1 rings (SSSR count). The van der Waals surface area contributed by atoms with E-state index in [-0.39, 0.29) is 9.47 Å². The molecule has 0 saturated heterocycles. The summed E-state index contributed by atoms with van der Waals surface area (Å²) >= 11 is 0.643. The summed E-state index contributed by atoms with van der Waals surface area (Å²) in [6, 6.07) is 0. The molecule has 0 aliphatic heterocycles. The lowest BCUT2D eigenvalue weighted by Gasteiger charge is -2.10. The van der Waals surface area contributed by atoms with Gasteiger partial charge in [0.2, 0.25) is 15.4 Å². The average Bonchev–Trinajstić information content (AvgIpc) is 2.77. The summed E-state index contributed by atoms with van der Waals surface area (Å²) in [4.78, 5) is 21.5. The molecule has 0 fully saturated rings. The van der Waals surface area contributed by atoms with Gasteiger partial charge in [0.25, 0.3) is 10.0 Å². The maximum Gasteiger partial charge on any atom is 0.334 e. The normalized spacial score (nSPS) is 12.9. The minimum atomic E-state index is -4.01. The van der Waals surface area contributed by atoms with Gasteiger partial charge in [0.05, 0.1) is 0 Å². The highest BCUT2D eigenvalue weighted by atomic mass is 32.2. The number of carbonyl (C=O) groups excluding carboxylic acids is 1. The van der Waals surface area contributed by atoms with Crippen LogP contribution in [0.1, 0.15) is 6.92 Å². The minimum Gasteiger partial charge on any atom is -0.479 e. The Morgan fingerprint density at radius 1 is 1.45 bits per heavy atom. The summed E-state index contributed by atoms with van der Waals surface area (Å²) in [5.74, 6) is -1.71. The summed E-state index contributed by atoms with van der Waals surface area (Å²) < 4.78 is 29.9. The number of rotatable bonds is 7. The first-order valence-corrected chi connectivity index (χ1v) is 7.42. The van der Waals surface area contributed by atoms with Gasteiger partial charge in [-0.05, 0) is 0 Å². The molecule has 0 bridgehead atoms. The summed E-state index contributed by atoms with van der Waals surface area (Å²) in [7, 11) is -2.87. The molecule has 0 aliphatic carbocycles. The van der Waals surface area contributed by atoms with Gasteiger partial charge in [-0.3, -0.25) is 4.79 Å². The smallest absolute Gasteiger partial charge is 0.334 e. The fourth-order valence-electron chi connectivity index (χ4n) is 1.04. The zero-order chi connectivity index (χ0) is 15.3. The zero-order valence-electron chi connectivity index (χ0n) is 10.5. The third-order valence-electron chi connectivity index (χ3n) is 1.94. The second kappa shape index (κ2) is 6.69. The Hall–Kier alpha value is -1.63. The Balaban J connectivity index is 2.76. The van der Waals surface area contributed by atoms with E-state index in [0.29, 0.717) is 11.3 Å². The van der Waals surface area contributed by atoms with Gasteiger partial charge in [-0.2, -0.15) is 0 Å². The highest BCUT2D eigenvalue weighted by Crippen LogP contribution is 2.19. The van der Waals surface area contributed by atoms with Crippen LogP contribution in [-0.4, -0.2) is 55.4 Å². The number of hydrogen-bond donors (Lipinski definition) is 3. The molecule has 0 spiro atoms. The number of hydrogen-bond acceptors (Lipinski definition) is 8. The number of aliphatic carboxylic acids is 1. The van der Waals surface area contributed by atoms with Crippen molar-refractivity contribution in [1.82, 2.24) is 14.9 Å². The summed E-state index contributed by atoms with van der Waals surface area (Å²) in [6.45, 7) is 0.785. The first kappa shape index (κ1) is 16.4. The number of aromatic nitrogens is 2. The number of sulfonamides is 1. The largest absolute Gasteiger partial charge is 0.479 e. The molecule has 0 radical (unpaired) electrons. The standard InChI is InChI=1S/C8H12N4O6S2/c1-4(13)10-7-11-12-8(19-7)20(16,17)9-3-5(18-2)6(14)15/h5,9H,3H2,1-2H3,(H,14,15)(H,10,11,13). The van der Waals surface area contributed by atoms with Gasteiger partial charge in [-0.25, -0.2) is 17.9 Å². The lowest BCUT2D eigenvalue weighted by atomic mass is 10.4. The Kier molecular flexibility index (Phi) is 5.50. The van der Waals surface area contributed by atoms with Crippen molar-refractivity contribution < 1.29 is 27.9 Å². The molecule has 112 valence electrons. The van der Waals surface area contributed by atoms with Gasteiger partial charge in [-0.1, -0.05) is 11.3 Å². The molecule has 0 aromatic carbocycles. The van der Waals surface area contributed by atoms with Crippen LogP contribution in [0.25, 0.3) is 0 Å². The van der Waals surface area contributed by atoms with E-state index in [2.05, 4.69) is 20.3 Å². The molecule has 1 unspecified atom stereocenters. The van der Waals surface area contributed by atoms with Crippen LogP contribution in [0.3, 0.4) is 0 Å². The third-order valence-corrected chi connectivity index (χ3v) is 4.57. The number of anilines is 1. The van der Waals surface area contributed by atoms with Crippen molar-refractivity contribution >= 4 is 38.4 Å². The van der Waals surface area contributed by atoms with Crippen molar-refractivity contribution in [2.45, 2.75) is 17.4 Å². The number of nitrogens with zero attached hydrogens (tertiary/aromatic N) is 2. The fraction of sp³-hybridized carbons (Fsp3) is 0.500. The number of amides is 1. The van der Waals surface area contributed by atoms with E-state index in [1.807, 2.05) is 4.72 Å². The number of methoxy groups -OCH3 is 1. The van der Waals surface area contributed by atoms with Crippen LogP contribution < -0.4 is 10.0 Å². The molecular weight excluding hydrogens is 312 g/mol. The number of nitrogens with one attached hydrogen (secondary N) is 2. The molecule has 1 atom stereocenters. The van der Waals surface area contributed by atoms with Gasteiger partial charge in [0, 0.05) is 20.6 Å². The Morgan fingerprint density at radius 3 is 2.60 bits per heavy atom. The van der Waals surface area contributed by atoms with E-state index in [1.165, 1.54) is 6.92 Å². The molecule has 1 amide bonds. The first-order valence-electron chi connectivity index (χ1n) is 5.12. The SMILES string of the molecule is COC(CNS(=O)(=O)c1nnc(NC(C)=O)s1)C(=O)O. The predicted octanol–water partition coefficient (Wildman–Crippen LogP) is -1.13. The van der Waals surface area contributed by atoms with Crippen LogP contribution in [0.15, 0.2) is 4.34 Å². The van der Waals surface area contributed by atoms with E-state index < -0.39 is 34.5 Å². The van der Waals surface area contributed by atoms with E-state index in [9.17, 15) is 18.0 Å². The summed E-state index contributed by atoms with van der Waals surface area (Å²) in [6.07, 6.45) is -1.31. The van der Waals surface area contributed by atoms with Crippen LogP contribution >= 0.6 is 11.3 Å². The van der Waals surface area contributed by atoms with E-state index >= 15 is 0 Å². The van der Waals surface area contributed by atoms with Crippen molar-refractivity contribution in [3.8, 4) is 0 Å². The molecule has 1 heterocycles. The van der Waals surface area contributed by atoms with Crippen molar-refractivity contribution in [2.75, 3.05) is 19.0 Å². The maximum absolute atomic E-state index is 11.8. The van der Waals surface area contributed by atoms with E-state index in [1.54, 1.807) is 0 Å². The van der Waals surface area contributed by atoms with Crippen molar-refractivity contribution in [2.24, 2.45) is 0 Å². The van der Waals surface area contributed by atoms with Crippen molar-refractivity contribution in [1.29, 1.82) is 0 Å². The van der Waals surface area contributed by atoms with Gasteiger partial charge < -0.3 is 15.2 Å². The zero-order valence-corrected chi connectivity index (χ0v) is 12.1. The molecule has 1 aromatic heterocycles. The molecule has 1 aromatic rings. The molecule has 20 heavy (non-hydrogen) atoms. The monoisotopic (exact) mass is 324 g/mol. The van der Waals surface area contributed by atoms with Crippen molar-refractivity contribution in [3.63, 3.8) is 0 Å². The number of carboxylic acids is 1. The Bertz CT molecular complexity index is 598. The Labute approximate surface area is 118 Å². The third kappa shape index (κ3) is 4.48.